The lowest BCUT2D eigenvalue weighted by atomic mass is 10.0. The van der Waals surface area contributed by atoms with E-state index in [4.69, 9.17) is 0 Å². The molecule has 4 nitrogen and oxygen atoms in total. The van der Waals surface area contributed by atoms with E-state index < -0.39 is 11.6 Å². The molecule has 1 saturated heterocycles. The van der Waals surface area contributed by atoms with Crippen LogP contribution in [0.2, 0.25) is 0 Å². The minimum atomic E-state index is -0.790. The average molecular weight is 439 g/mol. The van der Waals surface area contributed by atoms with Crippen molar-refractivity contribution in [2.75, 3.05) is 13.1 Å². The maximum absolute atomic E-state index is 14.1. The molecule has 0 unspecified atom stereocenters. The van der Waals surface area contributed by atoms with E-state index >= 15 is 0 Å². The molecule has 0 atom stereocenters. The zero-order valence-corrected chi connectivity index (χ0v) is 17.7. The van der Waals surface area contributed by atoms with Gasteiger partial charge < -0.3 is 5.32 Å². The van der Waals surface area contributed by atoms with E-state index in [-0.39, 0.29) is 17.8 Å². The number of aryl methyl sites for hydroxylation is 1. The molecule has 7 heteroatoms. The van der Waals surface area contributed by atoms with Crippen LogP contribution in [0.15, 0.2) is 54.7 Å². The normalized spacial score (nSPS) is 15.0. The van der Waals surface area contributed by atoms with Gasteiger partial charge in [0, 0.05) is 43.0 Å². The van der Waals surface area contributed by atoms with Gasteiger partial charge in [0.1, 0.15) is 5.82 Å². The minimum absolute atomic E-state index is 0.00115. The molecule has 1 aliphatic heterocycles. The third kappa shape index (κ3) is 4.99. The lowest BCUT2D eigenvalue weighted by molar-refractivity contribution is 0.0908. The Morgan fingerprint density at radius 3 is 2.53 bits per heavy atom. The van der Waals surface area contributed by atoms with Gasteiger partial charge in [-0.1, -0.05) is 24.3 Å². The number of halogens is 3. The van der Waals surface area contributed by atoms with Crippen molar-refractivity contribution in [3.63, 3.8) is 0 Å². The number of aromatic nitrogens is 1. The first-order valence-electron chi connectivity index (χ1n) is 10.6. The highest BCUT2D eigenvalue weighted by atomic mass is 19.2. The molecule has 0 aliphatic carbocycles. The molecule has 1 amide bonds. The fourth-order valence-corrected chi connectivity index (χ4v) is 3.90. The van der Waals surface area contributed by atoms with Crippen LogP contribution in [0.5, 0.6) is 0 Å². The first-order chi connectivity index (χ1) is 15.4. The number of benzene rings is 2. The zero-order chi connectivity index (χ0) is 22.7. The van der Waals surface area contributed by atoms with Gasteiger partial charge in [0.15, 0.2) is 11.6 Å². The van der Waals surface area contributed by atoms with E-state index in [0.717, 1.165) is 12.8 Å². The number of hydrogen-bond donors (Lipinski definition) is 1. The topological polar surface area (TPSA) is 45.2 Å². The molecular formula is C25H24F3N3O. The fraction of sp³-hybridized carbons (Fsp3) is 0.280. The van der Waals surface area contributed by atoms with Gasteiger partial charge in [-0.3, -0.25) is 14.7 Å². The van der Waals surface area contributed by atoms with Crippen molar-refractivity contribution in [1.82, 2.24) is 15.2 Å². The average Bonchev–Trinajstić information content (AvgIpc) is 2.81. The van der Waals surface area contributed by atoms with Crippen LogP contribution in [0.3, 0.4) is 0 Å². The van der Waals surface area contributed by atoms with Crippen LogP contribution >= 0.6 is 0 Å². The summed E-state index contributed by atoms with van der Waals surface area (Å²) in [4.78, 5) is 18.9. The molecule has 166 valence electrons. The summed E-state index contributed by atoms with van der Waals surface area (Å²) in [5.41, 5.74) is 2.32. The van der Waals surface area contributed by atoms with Crippen molar-refractivity contribution in [2.24, 2.45) is 0 Å². The summed E-state index contributed by atoms with van der Waals surface area (Å²) >= 11 is 0. The second-order valence-electron chi connectivity index (χ2n) is 8.14. The number of rotatable bonds is 5. The molecule has 3 aromatic rings. The Hall–Kier alpha value is -3.19. The van der Waals surface area contributed by atoms with E-state index in [0.29, 0.717) is 47.6 Å². The van der Waals surface area contributed by atoms with Gasteiger partial charge in [-0.15, -0.1) is 0 Å². The second kappa shape index (κ2) is 9.53. The van der Waals surface area contributed by atoms with Crippen LogP contribution in [-0.2, 0) is 6.54 Å². The van der Waals surface area contributed by atoms with Gasteiger partial charge in [0.25, 0.3) is 5.91 Å². The zero-order valence-electron chi connectivity index (χ0n) is 17.7. The van der Waals surface area contributed by atoms with Gasteiger partial charge in [-0.25, -0.2) is 13.2 Å². The van der Waals surface area contributed by atoms with Crippen LogP contribution in [0.4, 0.5) is 13.2 Å². The Kier molecular flexibility index (Phi) is 6.55. The summed E-state index contributed by atoms with van der Waals surface area (Å²) in [5.74, 6) is -2.13. The van der Waals surface area contributed by atoms with E-state index in [1.807, 2.05) is 0 Å². The fourth-order valence-electron chi connectivity index (χ4n) is 3.90. The molecular weight excluding hydrogens is 415 g/mol. The summed E-state index contributed by atoms with van der Waals surface area (Å²) in [7, 11) is 0. The van der Waals surface area contributed by atoms with Crippen molar-refractivity contribution in [3.05, 3.63) is 88.9 Å². The largest absolute Gasteiger partial charge is 0.349 e. The SMILES string of the molecule is Cc1ccc(CN2CCC(NC(=O)c3ccc(-c4cccc(F)c4)nc3)CC2)c(F)c1F. The number of nitrogens with zero attached hydrogens (tertiary/aromatic N) is 2. The molecule has 1 fully saturated rings. The number of likely N-dealkylation sites (tertiary alicyclic amines) is 1. The number of hydrogen-bond acceptors (Lipinski definition) is 3. The molecule has 32 heavy (non-hydrogen) atoms. The summed E-state index contributed by atoms with van der Waals surface area (Å²) < 4.78 is 41.3. The van der Waals surface area contributed by atoms with E-state index in [1.165, 1.54) is 18.3 Å². The number of amides is 1. The predicted octanol–water partition coefficient (Wildman–Crippen LogP) is 4.87. The third-order valence-electron chi connectivity index (χ3n) is 5.82. The second-order valence-corrected chi connectivity index (χ2v) is 8.14. The van der Waals surface area contributed by atoms with Crippen LogP contribution in [-0.4, -0.2) is 34.9 Å². The highest BCUT2D eigenvalue weighted by Gasteiger charge is 2.23. The monoisotopic (exact) mass is 439 g/mol. The summed E-state index contributed by atoms with van der Waals surface area (Å²) in [6, 6.07) is 12.7. The van der Waals surface area contributed by atoms with Crippen LogP contribution in [0, 0.1) is 24.4 Å². The first-order valence-corrected chi connectivity index (χ1v) is 10.6. The quantitative estimate of drug-likeness (QED) is 0.617. The van der Waals surface area contributed by atoms with E-state index in [1.54, 1.807) is 43.3 Å². The highest BCUT2D eigenvalue weighted by Crippen LogP contribution is 2.21. The Labute approximate surface area is 185 Å². The predicted molar refractivity (Wildman–Crippen MR) is 116 cm³/mol. The third-order valence-corrected chi connectivity index (χ3v) is 5.82. The van der Waals surface area contributed by atoms with Gasteiger partial charge in [-0.2, -0.15) is 0 Å². The number of piperidine rings is 1. The molecule has 1 N–H and O–H groups in total. The molecule has 0 spiro atoms. The van der Waals surface area contributed by atoms with Gasteiger partial charge >= 0.3 is 0 Å². The van der Waals surface area contributed by atoms with Crippen molar-refractivity contribution >= 4 is 5.91 Å². The standard InChI is InChI=1S/C25H24F3N3O/c1-16-5-6-19(24(28)23(16)27)15-31-11-9-21(10-12-31)30-25(32)18-7-8-22(29-14-18)17-3-2-4-20(26)13-17/h2-8,13-14,21H,9-12,15H2,1H3,(H,30,32). The minimum Gasteiger partial charge on any atom is -0.349 e. The molecule has 0 saturated carbocycles. The summed E-state index contributed by atoms with van der Waals surface area (Å²) in [6.07, 6.45) is 2.92. The number of carbonyl (C=O) groups is 1. The summed E-state index contributed by atoms with van der Waals surface area (Å²) in [6.45, 7) is 3.24. The molecule has 0 radical (unpaired) electrons. The lowest BCUT2D eigenvalue weighted by Gasteiger charge is -2.32. The van der Waals surface area contributed by atoms with E-state index in [2.05, 4.69) is 15.2 Å². The lowest BCUT2D eigenvalue weighted by Crippen LogP contribution is -2.44. The summed E-state index contributed by atoms with van der Waals surface area (Å²) in [5, 5.41) is 3.02. The van der Waals surface area contributed by atoms with Gasteiger partial charge in [0.05, 0.1) is 11.3 Å². The van der Waals surface area contributed by atoms with Crippen molar-refractivity contribution in [2.45, 2.75) is 32.4 Å². The van der Waals surface area contributed by atoms with Crippen molar-refractivity contribution in [3.8, 4) is 11.3 Å². The molecule has 2 heterocycles. The molecule has 0 bridgehead atoms. The molecule has 4 rings (SSSR count). The molecule has 1 aromatic heterocycles. The smallest absolute Gasteiger partial charge is 0.253 e. The Balaban J connectivity index is 1.30. The maximum Gasteiger partial charge on any atom is 0.253 e. The van der Waals surface area contributed by atoms with Crippen LogP contribution in [0.25, 0.3) is 11.3 Å². The van der Waals surface area contributed by atoms with Crippen LogP contribution in [0.1, 0.15) is 34.3 Å². The number of pyridine rings is 1. The molecule has 2 aromatic carbocycles. The van der Waals surface area contributed by atoms with Gasteiger partial charge in [-0.05, 0) is 49.6 Å². The van der Waals surface area contributed by atoms with Crippen molar-refractivity contribution < 1.29 is 18.0 Å². The Morgan fingerprint density at radius 2 is 1.84 bits per heavy atom. The molecule has 1 aliphatic rings. The van der Waals surface area contributed by atoms with Crippen molar-refractivity contribution in [1.29, 1.82) is 0 Å². The first kappa shape index (κ1) is 22.0. The van der Waals surface area contributed by atoms with Gasteiger partial charge in [0.2, 0.25) is 0 Å². The Morgan fingerprint density at radius 1 is 1.06 bits per heavy atom. The van der Waals surface area contributed by atoms with E-state index in [9.17, 15) is 18.0 Å². The maximum atomic E-state index is 14.1. The number of carbonyl (C=O) groups excluding carboxylic acids is 1. The van der Waals surface area contributed by atoms with Crippen LogP contribution < -0.4 is 5.32 Å². The number of nitrogens with one attached hydrogen (secondary N) is 1. The highest BCUT2D eigenvalue weighted by molar-refractivity contribution is 5.94. The Bertz CT molecular complexity index is 1110.